The Hall–Kier alpha value is -0.830. The van der Waals surface area contributed by atoms with E-state index in [0.717, 1.165) is 0 Å². The van der Waals surface area contributed by atoms with Crippen LogP contribution in [0.1, 0.15) is 13.8 Å². The van der Waals surface area contributed by atoms with Gasteiger partial charge in [0, 0.05) is 12.7 Å². The van der Waals surface area contributed by atoms with Crippen LogP contribution >= 0.6 is 0 Å². The molecule has 0 N–H and O–H groups in total. The fourth-order valence-electron chi connectivity index (χ4n) is 0.449. The predicted octanol–water partition coefficient (Wildman–Crippen LogP) is 1.14. The first kappa shape index (κ1) is 10.2. The van der Waals surface area contributed by atoms with Crippen molar-refractivity contribution in [2.24, 2.45) is 0 Å². The van der Waals surface area contributed by atoms with Crippen molar-refractivity contribution in [3.63, 3.8) is 0 Å². The molecule has 0 aliphatic rings. The molecule has 0 fully saturated rings. The van der Waals surface area contributed by atoms with Crippen molar-refractivity contribution in [3.8, 4) is 0 Å². The summed E-state index contributed by atoms with van der Waals surface area (Å²) in [5.74, 6) is -0.274. The Labute approximate surface area is 67.0 Å². The number of allylic oxidation sites excluding steroid dienone is 1. The minimum atomic E-state index is -0.274. The fraction of sp³-hybridized carbons (Fsp3) is 0.625. The lowest BCUT2D eigenvalue weighted by atomic mass is 10.3. The molecule has 0 unspecified atom stereocenters. The maximum Gasteiger partial charge on any atom is 0.333 e. The summed E-state index contributed by atoms with van der Waals surface area (Å²) in [4.78, 5) is 10.9. The summed E-state index contributed by atoms with van der Waals surface area (Å²) < 4.78 is 9.51. The van der Waals surface area contributed by atoms with E-state index in [4.69, 9.17) is 9.47 Å². The van der Waals surface area contributed by atoms with E-state index in [0.29, 0.717) is 18.8 Å². The van der Waals surface area contributed by atoms with E-state index in [9.17, 15) is 4.79 Å². The third kappa shape index (κ3) is 4.56. The van der Waals surface area contributed by atoms with Gasteiger partial charge in [-0.25, -0.2) is 4.79 Å². The van der Waals surface area contributed by atoms with Crippen LogP contribution in [0.25, 0.3) is 0 Å². The molecule has 0 aliphatic carbocycles. The first-order chi connectivity index (χ1) is 5.22. The Morgan fingerprint density at radius 1 is 1.45 bits per heavy atom. The average molecular weight is 158 g/mol. The number of hydrogen-bond acceptors (Lipinski definition) is 3. The molecule has 0 amide bonds. The predicted molar refractivity (Wildman–Crippen MR) is 42.3 cm³/mol. The molecule has 0 aromatic heterocycles. The van der Waals surface area contributed by atoms with E-state index >= 15 is 0 Å². The summed E-state index contributed by atoms with van der Waals surface area (Å²) in [6.45, 7) is 4.28. The highest BCUT2D eigenvalue weighted by molar-refractivity contribution is 5.87. The van der Waals surface area contributed by atoms with Crippen molar-refractivity contribution in [1.29, 1.82) is 0 Å². The lowest BCUT2D eigenvalue weighted by Crippen LogP contribution is -2.10. The lowest BCUT2D eigenvalue weighted by Gasteiger charge is -2.02. The SMILES string of the molecule is CC=C(C)C(=O)OCCOC. The van der Waals surface area contributed by atoms with Crippen LogP contribution in [-0.2, 0) is 14.3 Å². The van der Waals surface area contributed by atoms with Gasteiger partial charge in [0.15, 0.2) is 0 Å². The van der Waals surface area contributed by atoms with E-state index in [1.807, 2.05) is 0 Å². The second kappa shape index (κ2) is 5.92. The highest BCUT2D eigenvalue weighted by atomic mass is 16.6. The standard InChI is InChI=1S/C8H14O3/c1-4-7(2)8(9)11-6-5-10-3/h4H,5-6H2,1-3H3. The molecular formula is C8H14O3. The zero-order valence-electron chi connectivity index (χ0n) is 7.22. The second-order valence-electron chi connectivity index (χ2n) is 2.10. The molecule has 11 heavy (non-hydrogen) atoms. The van der Waals surface area contributed by atoms with Crippen molar-refractivity contribution in [2.45, 2.75) is 13.8 Å². The quantitative estimate of drug-likeness (QED) is 0.349. The zero-order chi connectivity index (χ0) is 8.69. The normalized spacial score (nSPS) is 11.4. The molecule has 64 valence electrons. The molecule has 0 saturated heterocycles. The van der Waals surface area contributed by atoms with Crippen LogP contribution in [0.4, 0.5) is 0 Å². The van der Waals surface area contributed by atoms with Crippen LogP contribution in [0.15, 0.2) is 11.6 Å². The molecule has 0 aromatic rings. The van der Waals surface area contributed by atoms with E-state index in [2.05, 4.69) is 0 Å². The van der Waals surface area contributed by atoms with E-state index < -0.39 is 0 Å². The van der Waals surface area contributed by atoms with Crippen LogP contribution in [-0.4, -0.2) is 26.3 Å². The Kier molecular flexibility index (Phi) is 5.47. The zero-order valence-corrected chi connectivity index (χ0v) is 7.22. The monoisotopic (exact) mass is 158 g/mol. The Morgan fingerprint density at radius 2 is 2.09 bits per heavy atom. The number of carbonyl (C=O) groups excluding carboxylic acids is 1. The average Bonchev–Trinajstić information content (AvgIpc) is 2.03. The summed E-state index contributed by atoms with van der Waals surface area (Å²) in [7, 11) is 1.57. The molecule has 0 saturated carbocycles. The van der Waals surface area contributed by atoms with Gasteiger partial charge >= 0.3 is 5.97 Å². The van der Waals surface area contributed by atoms with Crippen molar-refractivity contribution in [3.05, 3.63) is 11.6 Å². The minimum absolute atomic E-state index is 0.274. The number of methoxy groups -OCH3 is 1. The minimum Gasteiger partial charge on any atom is -0.460 e. The summed E-state index contributed by atoms with van der Waals surface area (Å²) in [5, 5.41) is 0. The molecule has 0 radical (unpaired) electrons. The van der Waals surface area contributed by atoms with E-state index in [1.165, 1.54) is 0 Å². The van der Waals surface area contributed by atoms with Gasteiger partial charge in [0.25, 0.3) is 0 Å². The largest absolute Gasteiger partial charge is 0.460 e. The molecule has 3 nitrogen and oxygen atoms in total. The van der Waals surface area contributed by atoms with Gasteiger partial charge in [0.05, 0.1) is 6.61 Å². The van der Waals surface area contributed by atoms with Gasteiger partial charge in [-0.2, -0.15) is 0 Å². The molecular weight excluding hydrogens is 144 g/mol. The molecule has 0 heterocycles. The van der Waals surface area contributed by atoms with Crippen LogP contribution in [0.5, 0.6) is 0 Å². The maximum atomic E-state index is 10.9. The van der Waals surface area contributed by atoms with Crippen molar-refractivity contribution in [2.75, 3.05) is 20.3 Å². The third-order valence-electron chi connectivity index (χ3n) is 1.28. The summed E-state index contributed by atoms with van der Waals surface area (Å²) in [6.07, 6.45) is 1.72. The molecule has 0 atom stereocenters. The number of rotatable bonds is 4. The highest BCUT2D eigenvalue weighted by Crippen LogP contribution is 1.94. The topological polar surface area (TPSA) is 35.5 Å². The van der Waals surface area contributed by atoms with Crippen LogP contribution in [0.2, 0.25) is 0 Å². The van der Waals surface area contributed by atoms with E-state index in [1.54, 1.807) is 27.0 Å². The molecule has 0 aromatic carbocycles. The van der Waals surface area contributed by atoms with Crippen LogP contribution in [0.3, 0.4) is 0 Å². The molecule has 0 rings (SSSR count). The second-order valence-corrected chi connectivity index (χ2v) is 2.10. The number of ether oxygens (including phenoxy) is 2. The van der Waals surface area contributed by atoms with Crippen molar-refractivity contribution in [1.82, 2.24) is 0 Å². The van der Waals surface area contributed by atoms with Gasteiger partial charge in [0.2, 0.25) is 0 Å². The number of carbonyl (C=O) groups is 1. The first-order valence-electron chi connectivity index (χ1n) is 3.51. The Balaban J connectivity index is 3.53. The summed E-state index contributed by atoms with van der Waals surface area (Å²) >= 11 is 0. The molecule has 0 spiro atoms. The van der Waals surface area contributed by atoms with Gasteiger partial charge in [-0.05, 0) is 13.8 Å². The molecule has 3 heteroatoms. The maximum absolute atomic E-state index is 10.9. The fourth-order valence-corrected chi connectivity index (χ4v) is 0.449. The summed E-state index contributed by atoms with van der Waals surface area (Å²) in [5.41, 5.74) is 0.626. The molecule has 0 bridgehead atoms. The third-order valence-corrected chi connectivity index (χ3v) is 1.28. The first-order valence-corrected chi connectivity index (χ1v) is 3.51. The van der Waals surface area contributed by atoms with Gasteiger partial charge < -0.3 is 9.47 Å². The Bertz CT molecular complexity index is 149. The smallest absolute Gasteiger partial charge is 0.333 e. The Morgan fingerprint density at radius 3 is 2.55 bits per heavy atom. The van der Waals surface area contributed by atoms with Crippen molar-refractivity contribution >= 4 is 5.97 Å². The number of esters is 1. The number of hydrogen-bond donors (Lipinski definition) is 0. The van der Waals surface area contributed by atoms with Gasteiger partial charge in [0.1, 0.15) is 6.61 Å². The van der Waals surface area contributed by atoms with E-state index in [-0.39, 0.29) is 5.97 Å². The van der Waals surface area contributed by atoms with Crippen molar-refractivity contribution < 1.29 is 14.3 Å². The lowest BCUT2D eigenvalue weighted by molar-refractivity contribution is -0.140. The van der Waals surface area contributed by atoms with Gasteiger partial charge in [-0.3, -0.25) is 0 Å². The van der Waals surface area contributed by atoms with Crippen LogP contribution < -0.4 is 0 Å². The molecule has 0 aliphatic heterocycles. The van der Waals surface area contributed by atoms with Gasteiger partial charge in [-0.15, -0.1) is 0 Å². The summed E-state index contributed by atoms with van der Waals surface area (Å²) in [6, 6.07) is 0. The van der Waals surface area contributed by atoms with Gasteiger partial charge in [-0.1, -0.05) is 6.08 Å². The highest BCUT2D eigenvalue weighted by Gasteiger charge is 2.02. The van der Waals surface area contributed by atoms with Crippen LogP contribution in [0, 0.1) is 0 Å².